The summed E-state index contributed by atoms with van der Waals surface area (Å²) in [5.41, 5.74) is 5.45. The molecule has 4 aromatic rings. The number of benzene rings is 2. The van der Waals surface area contributed by atoms with Crippen LogP contribution in [0.4, 0.5) is 0 Å². The second-order valence-corrected chi connectivity index (χ2v) is 12.2. The summed E-state index contributed by atoms with van der Waals surface area (Å²) >= 11 is 1.43. The van der Waals surface area contributed by atoms with Crippen molar-refractivity contribution in [3.63, 3.8) is 0 Å². The van der Waals surface area contributed by atoms with Crippen molar-refractivity contribution in [1.29, 1.82) is 0 Å². The summed E-state index contributed by atoms with van der Waals surface area (Å²) in [6, 6.07) is 23.3. The molecule has 0 atom stereocenters. The van der Waals surface area contributed by atoms with Gasteiger partial charge in [0.2, 0.25) is 0 Å². The van der Waals surface area contributed by atoms with Crippen molar-refractivity contribution in [3.05, 3.63) is 82.9 Å². The van der Waals surface area contributed by atoms with Gasteiger partial charge in [-0.3, -0.25) is 0 Å². The molecule has 4 rings (SSSR count). The van der Waals surface area contributed by atoms with Gasteiger partial charge < -0.3 is 0 Å². The van der Waals surface area contributed by atoms with Gasteiger partial charge in [0, 0.05) is 0 Å². The largest absolute Gasteiger partial charge is 0.165 e. The van der Waals surface area contributed by atoms with Crippen molar-refractivity contribution in [2.24, 2.45) is 0 Å². The molecule has 0 aromatic heterocycles. The fraction of sp³-hybridized carbons (Fsp3) is 0.308. The molecule has 0 aliphatic carbocycles. The molecule has 0 fully saturated rings. The molecule has 0 saturated heterocycles. The fourth-order valence-corrected chi connectivity index (χ4v) is 5.78. The van der Waals surface area contributed by atoms with Crippen LogP contribution in [0.2, 0.25) is 6.04 Å². The molecular weight excluding hydrogens is 519 g/mol. The van der Waals surface area contributed by atoms with Gasteiger partial charge in [0.1, 0.15) is 0 Å². The van der Waals surface area contributed by atoms with Gasteiger partial charge in [-0.1, -0.05) is 37.1 Å². The molecule has 4 aromatic carbocycles. The second kappa shape index (κ2) is 11.7. The first-order valence-corrected chi connectivity index (χ1v) is 16.7. The Morgan fingerprint density at radius 2 is 1.25 bits per heavy atom. The molecule has 0 nitrogen and oxygen atoms in total. The van der Waals surface area contributed by atoms with E-state index in [2.05, 4.69) is 95.3 Å². The van der Waals surface area contributed by atoms with E-state index >= 15 is 0 Å². The molecule has 0 aliphatic rings. The minimum Gasteiger partial charge on any atom is -0.165 e. The Balaban J connectivity index is 0.000000158. The summed E-state index contributed by atoms with van der Waals surface area (Å²) in [6.45, 7) is 10.8. The molecule has 0 spiro atoms. The molecule has 0 aliphatic heterocycles. The summed E-state index contributed by atoms with van der Waals surface area (Å²) < 4.78 is 0. The van der Waals surface area contributed by atoms with Gasteiger partial charge in [-0.05, 0) is 13.8 Å². The van der Waals surface area contributed by atoms with Gasteiger partial charge in [-0.15, -0.1) is 69.1 Å². The molecule has 2 heteroatoms. The van der Waals surface area contributed by atoms with Crippen LogP contribution in [0.25, 0.3) is 21.5 Å². The zero-order chi connectivity index (χ0) is 20.5. The van der Waals surface area contributed by atoms with Crippen LogP contribution < -0.4 is 0 Å². The Bertz CT molecular complexity index is 941. The van der Waals surface area contributed by atoms with Crippen LogP contribution in [0, 0.1) is 27.7 Å². The summed E-state index contributed by atoms with van der Waals surface area (Å²) in [7, 11) is 0. The van der Waals surface area contributed by atoms with Crippen LogP contribution in [-0.4, -0.2) is 6.22 Å². The van der Waals surface area contributed by atoms with Gasteiger partial charge in [0.05, 0.1) is 0 Å². The predicted molar refractivity (Wildman–Crippen MR) is 123 cm³/mol. The van der Waals surface area contributed by atoms with Crippen molar-refractivity contribution in [2.75, 3.05) is 0 Å². The molecule has 0 N–H and O–H groups in total. The maximum atomic E-state index is 2.25. The molecule has 0 heterocycles. The van der Waals surface area contributed by atoms with E-state index in [-0.39, 0.29) is 0 Å². The fourth-order valence-electron chi connectivity index (χ4n) is 3.35. The van der Waals surface area contributed by atoms with Crippen molar-refractivity contribution >= 4 is 27.8 Å². The smallest absolute Gasteiger partial charge is 0.0488 e. The molecule has 28 heavy (non-hydrogen) atoms. The maximum absolute atomic E-state index is 2.25. The molecule has 1 radical (unpaired) electrons. The minimum atomic E-state index is 1.30. The third kappa shape index (κ3) is 6.67. The average Bonchev–Trinajstić information content (AvgIpc) is 3.24. The van der Waals surface area contributed by atoms with E-state index in [0.717, 1.165) is 0 Å². The van der Waals surface area contributed by atoms with E-state index in [0.29, 0.717) is 0 Å². The first-order chi connectivity index (χ1) is 13.5. The van der Waals surface area contributed by atoms with E-state index < -0.39 is 0 Å². The molecule has 143 valence electrons. The summed E-state index contributed by atoms with van der Waals surface area (Å²) in [5.74, 6) is 0. The van der Waals surface area contributed by atoms with E-state index in [1.807, 2.05) is 0 Å². The quantitative estimate of drug-likeness (QED) is 0.139. The minimum absolute atomic E-state index is 1.30. The Kier molecular flexibility index (Phi) is 9.60. The van der Waals surface area contributed by atoms with Crippen LogP contribution in [0.3, 0.4) is 0 Å². The maximum Gasteiger partial charge on any atom is -0.0488 e. The third-order valence-corrected chi connectivity index (χ3v) is 8.18. The molecule has 0 unspecified atom stereocenters. The predicted octanol–water partition coefficient (Wildman–Crippen LogP) is 7.72. The number of aryl methyl sites for hydroxylation is 4. The van der Waals surface area contributed by atoms with Crippen molar-refractivity contribution in [3.8, 4) is 0 Å². The Morgan fingerprint density at radius 1 is 0.786 bits per heavy atom. The first kappa shape index (κ1) is 23.0. The van der Waals surface area contributed by atoms with Gasteiger partial charge in [-0.2, -0.15) is 12.1 Å². The standard InChI is InChI=1S/2C11H11.C4H9Si.Hf/c2*1-8-6-10-5-3-4-9(2)11(10)7-8;1-2-3-4-5;/h2*3-7H,1-2H3;2-4H2,1H3;/q2*-1;;+2. The molecule has 0 saturated carbocycles. The molecule has 0 amide bonds. The average molecular weight is 550 g/mol. The van der Waals surface area contributed by atoms with E-state index in [1.165, 1.54) is 91.9 Å². The van der Waals surface area contributed by atoms with Crippen molar-refractivity contribution < 1.29 is 23.0 Å². The summed E-state index contributed by atoms with van der Waals surface area (Å²) in [5, 5.41) is 5.51. The second-order valence-electron chi connectivity index (χ2n) is 7.50. The summed E-state index contributed by atoms with van der Waals surface area (Å²) in [4.78, 5) is 0. The van der Waals surface area contributed by atoms with Crippen LogP contribution >= 0.6 is 0 Å². The van der Waals surface area contributed by atoms with Gasteiger partial charge in [0.15, 0.2) is 0 Å². The number of fused-ring (bicyclic) bond motifs is 2. The number of hydrogen-bond donors (Lipinski definition) is 0. The Labute approximate surface area is 186 Å². The van der Waals surface area contributed by atoms with Crippen LogP contribution in [0.15, 0.2) is 60.7 Å². The third-order valence-electron chi connectivity index (χ3n) is 4.88. The van der Waals surface area contributed by atoms with Gasteiger partial charge in [-0.25, -0.2) is 0 Å². The Hall–Kier alpha value is -1.25. The van der Waals surface area contributed by atoms with Gasteiger partial charge in [0.25, 0.3) is 0 Å². The SMILES string of the molecule is CCCC[Si]=[Hf+2].Cc1cc2c(C)cccc2[cH-]1.Cc1cc2c(C)cccc2[cH-]1. The van der Waals surface area contributed by atoms with Crippen molar-refractivity contribution in [1.82, 2.24) is 0 Å². The van der Waals surface area contributed by atoms with E-state index in [1.54, 1.807) is 0 Å². The molecule has 0 bridgehead atoms. The van der Waals surface area contributed by atoms with Crippen LogP contribution in [0.1, 0.15) is 42.0 Å². The number of unbranched alkanes of at least 4 members (excludes halogenated alkanes) is 1. The monoisotopic (exact) mass is 551 g/mol. The van der Waals surface area contributed by atoms with Crippen LogP contribution in [-0.2, 0) is 23.0 Å². The number of hydrogen-bond acceptors (Lipinski definition) is 0. The summed E-state index contributed by atoms with van der Waals surface area (Å²) in [6.07, 6.45) is 4.15. The normalized spacial score (nSPS) is 10.2. The van der Waals surface area contributed by atoms with E-state index in [4.69, 9.17) is 0 Å². The molecular formula is C26H31HfSi. The van der Waals surface area contributed by atoms with E-state index in [9.17, 15) is 0 Å². The Morgan fingerprint density at radius 3 is 1.57 bits per heavy atom. The zero-order valence-electron chi connectivity index (χ0n) is 17.9. The van der Waals surface area contributed by atoms with Crippen molar-refractivity contribution in [2.45, 2.75) is 53.5 Å². The topological polar surface area (TPSA) is 0 Å². The van der Waals surface area contributed by atoms with Crippen LogP contribution in [0.5, 0.6) is 0 Å². The number of rotatable bonds is 3. The first-order valence-electron chi connectivity index (χ1n) is 10.1. The zero-order valence-corrected chi connectivity index (χ0v) is 22.5. The van der Waals surface area contributed by atoms with Gasteiger partial charge >= 0.3 is 55.0 Å².